The first-order chi connectivity index (χ1) is 8.97. The molecule has 2 rings (SSSR count). The summed E-state index contributed by atoms with van der Waals surface area (Å²) in [6, 6.07) is -0.180. The molecule has 1 unspecified atom stereocenters. The normalized spacial score (nSPS) is 29.0. The summed E-state index contributed by atoms with van der Waals surface area (Å²) in [6.07, 6.45) is 4.14. The fourth-order valence-corrected chi connectivity index (χ4v) is 4.90. The topological polar surface area (TPSA) is 75.3 Å². The zero-order valence-electron chi connectivity index (χ0n) is 11.6. The van der Waals surface area contributed by atoms with Gasteiger partial charge in [-0.25, -0.2) is 8.42 Å². The van der Waals surface area contributed by atoms with Crippen LogP contribution in [0.15, 0.2) is 0 Å². The van der Waals surface area contributed by atoms with Gasteiger partial charge < -0.3 is 10.6 Å². The smallest absolute Gasteiger partial charge is 0.226 e. The third kappa shape index (κ3) is 3.48. The van der Waals surface area contributed by atoms with Gasteiger partial charge >= 0.3 is 0 Å². The van der Waals surface area contributed by atoms with E-state index in [4.69, 9.17) is 0 Å². The van der Waals surface area contributed by atoms with Gasteiger partial charge in [-0.15, -0.1) is 0 Å². The third-order valence-corrected chi connectivity index (χ3v) is 6.11. The highest BCUT2D eigenvalue weighted by Crippen LogP contribution is 2.34. The van der Waals surface area contributed by atoms with E-state index in [1.165, 1.54) is 0 Å². The minimum Gasteiger partial charge on any atom is -0.352 e. The predicted molar refractivity (Wildman–Crippen MR) is 74.6 cm³/mol. The average Bonchev–Trinajstić information content (AvgIpc) is 2.70. The molecule has 0 aromatic carbocycles. The molecular weight excluding hydrogens is 264 g/mol. The van der Waals surface area contributed by atoms with Crippen LogP contribution in [0.5, 0.6) is 0 Å². The molecule has 2 heterocycles. The van der Waals surface area contributed by atoms with E-state index < -0.39 is 9.84 Å². The van der Waals surface area contributed by atoms with E-state index in [2.05, 4.69) is 17.6 Å². The molecule has 110 valence electrons. The maximum absolute atomic E-state index is 12.5. The van der Waals surface area contributed by atoms with Crippen LogP contribution in [-0.4, -0.2) is 45.0 Å². The second kappa shape index (κ2) is 5.79. The number of sulfone groups is 1. The van der Waals surface area contributed by atoms with Crippen LogP contribution in [0.3, 0.4) is 0 Å². The first-order valence-electron chi connectivity index (χ1n) is 7.19. The highest BCUT2D eigenvalue weighted by molar-refractivity contribution is 7.91. The lowest BCUT2D eigenvalue weighted by atomic mass is 9.74. The number of nitrogens with one attached hydrogen (secondary N) is 2. The van der Waals surface area contributed by atoms with Crippen molar-refractivity contribution in [2.75, 3.05) is 24.6 Å². The molecule has 19 heavy (non-hydrogen) atoms. The van der Waals surface area contributed by atoms with Crippen LogP contribution in [0.2, 0.25) is 0 Å². The van der Waals surface area contributed by atoms with Gasteiger partial charge in [0.2, 0.25) is 5.91 Å². The molecule has 2 aliphatic rings. The summed E-state index contributed by atoms with van der Waals surface area (Å²) in [7, 11) is -2.93. The average molecular weight is 288 g/mol. The lowest BCUT2D eigenvalue weighted by Crippen LogP contribution is -2.50. The number of amides is 1. The summed E-state index contributed by atoms with van der Waals surface area (Å²) < 4.78 is 22.9. The minimum atomic E-state index is -2.93. The molecule has 5 nitrogen and oxygen atoms in total. The van der Waals surface area contributed by atoms with E-state index in [0.717, 1.165) is 38.8 Å². The van der Waals surface area contributed by atoms with Crippen molar-refractivity contribution in [2.45, 2.75) is 45.1 Å². The summed E-state index contributed by atoms with van der Waals surface area (Å²) >= 11 is 0. The predicted octanol–water partition coefficient (Wildman–Crippen LogP) is 0.460. The Hall–Kier alpha value is -0.620. The molecule has 6 heteroatoms. The van der Waals surface area contributed by atoms with Gasteiger partial charge in [-0.2, -0.15) is 0 Å². The molecule has 0 aromatic heterocycles. The first-order valence-corrected chi connectivity index (χ1v) is 9.02. The fraction of sp³-hybridized carbons (Fsp3) is 0.923. The van der Waals surface area contributed by atoms with Crippen LogP contribution < -0.4 is 10.6 Å². The van der Waals surface area contributed by atoms with E-state index in [1.54, 1.807) is 0 Å². The Kier molecular flexibility index (Phi) is 4.50. The zero-order chi connectivity index (χ0) is 13.9. The Labute approximate surface area is 115 Å². The maximum atomic E-state index is 12.5. The third-order valence-electron chi connectivity index (χ3n) is 4.34. The van der Waals surface area contributed by atoms with Crippen molar-refractivity contribution >= 4 is 15.7 Å². The van der Waals surface area contributed by atoms with E-state index in [0.29, 0.717) is 6.42 Å². The van der Waals surface area contributed by atoms with Crippen molar-refractivity contribution < 1.29 is 13.2 Å². The molecule has 0 radical (unpaired) electrons. The van der Waals surface area contributed by atoms with Crippen molar-refractivity contribution in [2.24, 2.45) is 5.41 Å². The van der Waals surface area contributed by atoms with Crippen molar-refractivity contribution in [3.63, 3.8) is 0 Å². The maximum Gasteiger partial charge on any atom is 0.226 e. The van der Waals surface area contributed by atoms with Crippen LogP contribution in [0.4, 0.5) is 0 Å². The molecule has 0 aliphatic carbocycles. The summed E-state index contributed by atoms with van der Waals surface area (Å²) in [5.74, 6) is 0.386. The molecule has 1 atom stereocenters. The molecule has 0 spiro atoms. The highest BCUT2D eigenvalue weighted by Gasteiger charge is 2.40. The molecule has 2 aliphatic heterocycles. The summed E-state index contributed by atoms with van der Waals surface area (Å²) in [5, 5.41) is 6.27. The van der Waals surface area contributed by atoms with Crippen LogP contribution in [-0.2, 0) is 14.6 Å². The molecular formula is C13H24N2O3S. The SMILES string of the molecule is CCCC1(C(=O)NC2CCS(=O)(=O)C2)CCNCC1. The van der Waals surface area contributed by atoms with Crippen molar-refractivity contribution in [3.05, 3.63) is 0 Å². The zero-order valence-corrected chi connectivity index (χ0v) is 12.4. The van der Waals surface area contributed by atoms with Gasteiger partial charge in [0.1, 0.15) is 0 Å². The summed E-state index contributed by atoms with van der Waals surface area (Å²) in [5.41, 5.74) is -0.285. The quantitative estimate of drug-likeness (QED) is 0.788. The summed E-state index contributed by atoms with van der Waals surface area (Å²) in [6.45, 7) is 3.84. The van der Waals surface area contributed by atoms with Crippen molar-refractivity contribution in [1.82, 2.24) is 10.6 Å². The lowest BCUT2D eigenvalue weighted by molar-refractivity contribution is -0.133. The Morgan fingerprint density at radius 3 is 2.58 bits per heavy atom. The van der Waals surface area contributed by atoms with Crippen molar-refractivity contribution in [3.8, 4) is 0 Å². The highest BCUT2D eigenvalue weighted by atomic mass is 32.2. The van der Waals surface area contributed by atoms with Gasteiger partial charge in [0.15, 0.2) is 9.84 Å². The molecule has 0 bridgehead atoms. The van der Waals surface area contributed by atoms with Crippen LogP contribution in [0.1, 0.15) is 39.0 Å². The van der Waals surface area contributed by atoms with E-state index in [-0.39, 0.29) is 28.9 Å². The van der Waals surface area contributed by atoms with Gasteiger partial charge in [-0.05, 0) is 38.8 Å². The number of hydrogen-bond acceptors (Lipinski definition) is 4. The largest absolute Gasteiger partial charge is 0.352 e. The Morgan fingerprint density at radius 1 is 1.37 bits per heavy atom. The van der Waals surface area contributed by atoms with Gasteiger partial charge in [0.05, 0.1) is 16.9 Å². The van der Waals surface area contributed by atoms with Gasteiger partial charge in [-0.3, -0.25) is 4.79 Å². The van der Waals surface area contributed by atoms with Crippen molar-refractivity contribution in [1.29, 1.82) is 0 Å². The molecule has 2 fully saturated rings. The number of rotatable bonds is 4. The number of carbonyl (C=O) groups excluding carboxylic acids is 1. The number of hydrogen-bond donors (Lipinski definition) is 2. The van der Waals surface area contributed by atoms with Gasteiger partial charge in [-0.1, -0.05) is 13.3 Å². The van der Waals surface area contributed by atoms with E-state index >= 15 is 0 Å². The Bertz CT molecular complexity index is 422. The summed E-state index contributed by atoms with van der Waals surface area (Å²) in [4.78, 5) is 12.5. The van der Waals surface area contributed by atoms with Gasteiger partial charge in [0, 0.05) is 6.04 Å². The minimum absolute atomic E-state index is 0.0675. The molecule has 0 saturated carbocycles. The second-order valence-corrected chi connectivity index (χ2v) is 8.08. The molecule has 2 saturated heterocycles. The van der Waals surface area contributed by atoms with E-state index in [9.17, 15) is 13.2 Å². The lowest BCUT2D eigenvalue weighted by Gasteiger charge is -2.37. The molecule has 1 amide bonds. The Morgan fingerprint density at radius 2 is 2.05 bits per heavy atom. The Balaban J connectivity index is 2.00. The molecule has 2 N–H and O–H groups in total. The monoisotopic (exact) mass is 288 g/mol. The van der Waals surface area contributed by atoms with E-state index in [1.807, 2.05) is 0 Å². The van der Waals surface area contributed by atoms with Crippen LogP contribution in [0.25, 0.3) is 0 Å². The van der Waals surface area contributed by atoms with Gasteiger partial charge in [0.25, 0.3) is 0 Å². The van der Waals surface area contributed by atoms with Crippen LogP contribution in [0, 0.1) is 5.41 Å². The first kappa shape index (κ1) is 14.8. The number of piperidine rings is 1. The number of carbonyl (C=O) groups is 1. The standard InChI is InChI=1S/C13H24N2O3S/c1-2-4-13(5-7-14-8-6-13)12(16)15-11-3-9-19(17,18)10-11/h11,14H,2-10H2,1H3,(H,15,16). The fourth-order valence-electron chi connectivity index (χ4n) is 3.22. The second-order valence-electron chi connectivity index (χ2n) is 5.85. The molecule has 0 aromatic rings. The van der Waals surface area contributed by atoms with Crippen LogP contribution >= 0.6 is 0 Å².